The van der Waals surface area contributed by atoms with E-state index in [2.05, 4.69) is 18.7 Å². The number of nitrogens with zero attached hydrogens (tertiary/aromatic N) is 1. The van der Waals surface area contributed by atoms with Gasteiger partial charge in [0, 0.05) is 19.2 Å². The van der Waals surface area contributed by atoms with Crippen LogP contribution in [0.4, 0.5) is 0 Å². The molecule has 0 aliphatic carbocycles. The van der Waals surface area contributed by atoms with E-state index in [-0.39, 0.29) is 0 Å². The molecule has 2 N–H and O–H groups in total. The Morgan fingerprint density at radius 1 is 1.36 bits per heavy atom. The summed E-state index contributed by atoms with van der Waals surface area (Å²) in [6.07, 6.45) is 3.83. The van der Waals surface area contributed by atoms with Gasteiger partial charge in [0.05, 0.1) is 6.10 Å². The largest absolute Gasteiger partial charge is 0.379 e. The van der Waals surface area contributed by atoms with Gasteiger partial charge in [-0.05, 0) is 46.2 Å². The fourth-order valence-electron chi connectivity index (χ4n) is 1.78. The van der Waals surface area contributed by atoms with E-state index in [1.54, 1.807) is 0 Å². The topological polar surface area (TPSA) is 38.5 Å². The molecule has 0 radical (unpaired) electrons. The predicted molar refractivity (Wildman–Crippen MR) is 59.4 cm³/mol. The van der Waals surface area contributed by atoms with Gasteiger partial charge in [0.15, 0.2) is 0 Å². The molecule has 0 spiro atoms. The molecule has 84 valence electrons. The molecule has 0 bridgehead atoms. The van der Waals surface area contributed by atoms with Crippen LogP contribution in [0.25, 0.3) is 0 Å². The second-order valence-electron chi connectivity index (χ2n) is 4.45. The smallest absolute Gasteiger partial charge is 0.0518 e. The fraction of sp³-hybridized carbons (Fsp3) is 1.00. The van der Waals surface area contributed by atoms with Crippen LogP contribution in [-0.2, 0) is 4.74 Å². The van der Waals surface area contributed by atoms with E-state index in [0.29, 0.717) is 12.1 Å². The van der Waals surface area contributed by atoms with Crippen molar-refractivity contribution in [3.63, 3.8) is 0 Å². The lowest BCUT2D eigenvalue weighted by molar-refractivity contribution is 0.0685. The highest BCUT2D eigenvalue weighted by molar-refractivity contribution is 4.73. The van der Waals surface area contributed by atoms with Crippen molar-refractivity contribution in [3.8, 4) is 0 Å². The van der Waals surface area contributed by atoms with Crippen molar-refractivity contribution in [1.29, 1.82) is 0 Å². The van der Waals surface area contributed by atoms with E-state index in [1.807, 2.05) is 0 Å². The summed E-state index contributed by atoms with van der Waals surface area (Å²) in [7, 11) is 0. The molecule has 0 saturated carbocycles. The van der Waals surface area contributed by atoms with Crippen LogP contribution in [0.2, 0.25) is 0 Å². The first-order valence-electron chi connectivity index (χ1n) is 5.78. The Morgan fingerprint density at radius 2 is 2.00 bits per heavy atom. The van der Waals surface area contributed by atoms with E-state index in [1.165, 1.54) is 19.6 Å². The molecular formula is C11H24N2O. The van der Waals surface area contributed by atoms with Gasteiger partial charge in [-0.1, -0.05) is 0 Å². The van der Waals surface area contributed by atoms with Gasteiger partial charge in [-0.15, -0.1) is 0 Å². The van der Waals surface area contributed by atoms with E-state index in [4.69, 9.17) is 10.5 Å². The first kappa shape index (κ1) is 12.0. The van der Waals surface area contributed by atoms with Crippen LogP contribution in [0.15, 0.2) is 0 Å². The molecule has 1 rings (SSSR count). The fourth-order valence-corrected chi connectivity index (χ4v) is 1.78. The Kier molecular flexibility index (Phi) is 5.45. The molecular weight excluding hydrogens is 176 g/mol. The number of hydrogen-bond donors (Lipinski definition) is 1. The first-order chi connectivity index (χ1) is 6.68. The number of piperidine rings is 1. The summed E-state index contributed by atoms with van der Waals surface area (Å²) in [4.78, 5) is 2.49. The highest BCUT2D eigenvalue weighted by Gasteiger charge is 2.14. The maximum atomic E-state index is 5.84. The Bertz CT molecular complexity index is 142. The number of nitrogens with two attached hydrogens (primary N) is 1. The van der Waals surface area contributed by atoms with E-state index in [0.717, 1.165) is 25.9 Å². The van der Waals surface area contributed by atoms with Crippen LogP contribution < -0.4 is 5.73 Å². The summed E-state index contributed by atoms with van der Waals surface area (Å²) < 4.78 is 5.50. The molecule has 0 unspecified atom stereocenters. The van der Waals surface area contributed by atoms with Crippen LogP contribution in [0.5, 0.6) is 0 Å². The molecule has 0 aromatic rings. The third kappa shape index (κ3) is 4.94. The summed E-state index contributed by atoms with van der Waals surface area (Å²) in [5.74, 6) is 0. The molecule has 1 aliphatic rings. The minimum atomic E-state index is 0.366. The van der Waals surface area contributed by atoms with E-state index < -0.39 is 0 Å². The average Bonchev–Trinajstić information content (AvgIpc) is 2.15. The van der Waals surface area contributed by atoms with Crippen LogP contribution in [-0.4, -0.2) is 43.3 Å². The van der Waals surface area contributed by atoms with Crippen molar-refractivity contribution in [2.24, 2.45) is 5.73 Å². The number of likely N-dealkylation sites (tertiary alicyclic amines) is 1. The van der Waals surface area contributed by atoms with Crippen LogP contribution >= 0.6 is 0 Å². The van der Waals surface area contributed by atoms with Gasteiger partial charge in [-0.2, -0.15) is 0 Å². The van der Waals surface area contributed by atoms with Gasteiger partial charge < -0.3 is 15.4 Å². The summed E-state index contributed by atoms with van der Waals surface area (Å²) in [5, 5.41) is 0. The Labute approximate surface area is 87.6 Å². The maximum absolute atomic E-state index is 5.84. The molecule has 3 heteroatoms. The summed E-state index contributed by atoms with van der Waals surface area (Å²) in [6, 6.07) is 0.443. The number of hydrogen-bond acceptors (Lipinski definition) is 3. The molecule has 0 atom stereocenters. The SMILES string of the molecule is CC(C)OCCCN1CCC(N)CC1. The van der Waals surface area contributed by atoms with Crippen molar-refractivity contribution in [2.75, 3.05) is 26.2 Å². The maximum Gasteiger partial charge on any atom is 0.0518 e. The Hall–Kier alpha value is -0.120. The van der Waals surface area contributed by atoms with Gasteiger partial charge in [0.25, 0.3) is 0 Å². The van der Waals surface area contributed by atoms with Crippen LogP contribution in [0.3, 0.4) is 0 Å². The highest BCUT2D eigenvalue weighted by atomic mass is 16.5. The highest BCUT2D eigenvalue weighted by Crippen LogP contribution is 2.08. The summed E-state index contributed by atoms with van der Waals surface area (Å²) in [6.45, 7) is 8.56. The van der Waals surface area contributed by atoms with E-state index >= 15 is 0 Å². The molecule has 3 nitrogen and oxygen atoms in total. The zero-order chi connectivity index (χ0) is 10.4. The summed E-state index contributed by atoms with van der Waals surface area (Å²) in [5.41, 5.74) is 5.84. The summed E-state index contributed by atoms with van der Waals surface area (Å²) >= 11 is 0. The minimum absolute atomic E-state index is 0.366. The van der Waals surface area contributed by atoms with Gasteiger partial charge in [-0.3, -0.25) is 0 Å². The zero-order valence-electron chi connectivity index (χ0n) is 9.54. The Balaban J connectivity index is 1.96. The van der Waals surface area contributed by atoms with Crippen molar-refractivity contribution in [2.45, 2.75) is 45.3 Å². The second-order valence-corrected chi connectivity index (χ2v) is 4.45. The lowest BCUT2D eigenvalue weighted by Crippen LogP contribution is -2.40. The molecule has 1 fully saturated rings. The normalized spacial score (nSPS) is 20.6. The third-order valence-corrected chi connectivity index (χ3v) is 2.70. The molecule has 1 heterocycles. The average molecular weight is 200 g/mol. The van der Waals surface area contributed by atoms with Crippen molar-refractivity contribution < 1.29 is 4.74 Å². The predicted octanol–water partition coefficient (Wildman–Crippen LogP) is 1.22. The standard InChI is InChI=1S/C11H24N2O/c1-10(2)14-9-3-6-13-7-4-11(12)5-8-13/h10-11H,3-9,12H2,1-2H3. The molecule has 0 aromatic carbocycles. The van der Waals surface area contributed by atoms with Gasteiger partial charge >= 0.3 is 0 Å². The van der Waals surface area contributed by atoms with Crippen LogP contribution in [0.1, 0.15) is 33.1 Å². The minimum Gasteiger partial charge on any atom is -0.379 e. The monoisotopic (exact) mass is 200 g/mol. The van der Waals surface area contributed by atoms with Crippen molar-refractivity contribution >= 4 is 0 Å². The zero-order valence-corrected chi connectivity index (χ0v) is 9.54. The van der Waals surface area contributed by atoms with Gasteiger partial charge in [0.1, 0.15) is 0 Å². The van der Waals surface area contributed by atoms with E-state index in [9.17, 15) is 0 Å². The quantitative estimate of drug-likeness (QED) is 0.678. The molecule has 1 aliphatic heterocycles. The van der Waals surface area contributed by atoms with Crippen molar-refractivity contribution in [1.82, 2.24) is 4.90 Å². The second kappa shape index (κ2) is 6.38. The molecule has 14 heavy (non-hydrogen) atoms. The van der Waals surface area contributed by atoms with Crippen LogP contribution in [0, 0.1) is 0 Å². The van der Waals surface area contributed by atoms with Gasteiger partial charge in [-0.25, -0.2) is 0 Å². The lowest BCUT2D eigenvalue weighted by atomic mass is 10.1. The lowest BCUT2D eigenvalue weighted by Gasteiger charge is -2.29. The van der Waals surface area contributed by atoms with Gasteiger partial charge in [0.2, 0.25) is 0 Å². The third-order valence-electron chi connectivity index (χ3n) is 2.70. The first-order valence-corrected chi connectivity index (χ1v) is 5.78. The molecule has 0 aromatic heterocycles. The molecule has 0 amide bonds. The number of rotatable bonds is 5. The Morgan fingerprint density at radius 3 is 2.57 bits per heavy atom. The van der Waals surface area contributed by atoms with Crippen molar-refractivity contribution in [3.05, 3.63) is 0 Å². The molecule has 1 saturated heterocycles. The number of ether oxygens (including phenoxy) is 1.